The standard InChI is InChI=1S/C17H17BrN4O2S2/c1-3-12-4-7-14(8-5-12)26(23,24)21-15-10-13(18)6-9-16(15)25-17-20-19-11-22(17)2/h4-11,21H,3H2,1-2H3. The highest BCUT2D eigenvalue weighted by Crippen LogP contribution is 2.35. The molecule has 26 heavy (non-hydrogen) atoms. The summed E-state index contributed by atoms with van der Waals surface area (Å²) in [6, 6.07) is 12.3. The summed E-state index contributed by atoms with van der Waals surface area (Å²) in [5.41, 5.74) is 1.57. The van der Waals surface area contributed by atoms with E-state index in [4.69, 9.17) is 0 Å². The van der Waals surface area contributed by atoms with Crippen LogP contribution in [0.1, 0.15) is 12.5 Å². The first kappa shape index (κ1) is 18.9. The molecule has 0 radical (unpaired) electrons. The first-order valence-corrected chi connectivity index (χ1v) is 10.9. The summed E-state index contributed by atoms with van der Waals surface area (Å²) >= 11 is 4.73. The average Bonchev–Trinajstić information content (AvgIpc) is 3.02. The van der Waals surface area contributed by atoms with Crippen LogP contribution in [0.2, 0.25) is 0 Å². The molecule has 3 aromatic rings. The Bertz CT molecular complexity index is 1020. The van der Waals surface area contributed by atoms with Gasteiger partial charge in [-0.2, -0.15) is 0 Å². The number of aryl methyl sites for hydroxylation is 2. The van der Waals surface area contributed by atoms with Crippen molar-refractivity contribution in [2.24, 2.45) is 7.05 Å². The molecule has 9 heteroatoms. The Morgan fingerprint density at radius 2 is 1.92 bits per heavy atom. The van der Waals surface area contributed by atoms with Gasteiger partial charge in [0.15, 0.2) is 5.16 Å². The molecule has 0 aliphatic carbocycles. The molecule has 2 aromatic carbocycles. The minimum Gasteiger partial charge on any atom is -0.311 e. The lowest BCUT2D eigenvalue weighted by Crippen LogP contribution is -2.13. The second kappa shape index (κ2) is 7.81. The number of anilines is 1. The third kappa shape index (κ3) is 4.28. The van der Waals surface area contributed by atoms with E-state index >= 15 is 0 Å². The molecule has 1 heterocycles. The van der Waals surface area contributed by atoms with E-state index in [0.717, 1.165) is 21.4 Å². The topological polar surface area (TPSA) is 76.9 Å². The minimum absolute atomic E-state index is 0.226. The number of benzene rings is 2. The van der Waals surface area contributed by atoms with Gasteiger partial charge in [-0.1, -0.05) is 35.0 Å². The van der Waals surface area contributed by atoms with Gasteiger partial charge < -0.3 is 4.57 Å². The lowest BCUT2D eigenvalue weighted by atomic mass is 10.2. The van der Waals surface area contributed by atoms with Crippen molar-refractivity contribution in [3.8, 4) is 0 Å². The molecule has 0 unspecified atom stereocenters. The summed E-state index contributed by atoms with van der Waals surface area (Å²) in [4.78, 5) is 0.960. The molecule has 0 aliphatic heterocycles. The molecule has 0 amide bonds. The van der Waals surface area contributed by atoms with Crippen molar-refractivity contribution < 1.29 is 8.42 Å². The van der Waals surface area contributed by atoms with E-state index in [1.165, 1.54) is 11.8 Å². The molecule has 0 saturated heterocycles. The lowest BCUT2D eigenvalue weighted by Gasteiger charge is -2.13. The number of aromatic nitrogens is 3. The predicted molar refractivity (Wildman–Crippen MR) is 106 cm³/mol. The van der Waals surface area contributed by atoms with Crippen molar-refractivity contribution >= 4 is 43.4 Å². The Labute approximate surface area is 165 Å². The number of nitrogens with one attached hydrogen (secondary N) is 1. The van der Waals surface area contributed by atoms with Crippen LogP contribution in [0.3, 0.4) is 0 Å². The van der Waals surface area contributed by atoms with Crippen molar-refractivity contribution in [2.75, 3.05) is 4.72 Å². The largest absolute Gasteiger partial charge is 0.311 e. The van der Waals surface area contributed by atoms with E-state index in [1.54, 1.807) is 29.1 Å². The lowest BCUT2D eigenvalue weighted by molar-refractivity contribution is 0.601. The summed E-state index contributed by atoms with van der Waals surface area (Å²) in [6.45, 7) is 2.03. The van der Waals surface area contributed by atoms with Crippen molar-refractivity contribution in [1.29, 1.82) is 0 Å². The SMILES string of the molecule is CCc1ccc(S(=O)(=O)Nc2cc(Br)ccc2Sc2nncn2C)cc1. The molecule has 136 valence electrons. The monoisotopic (exact) mass is 452 g/mol. The molecule has 6 nitrogen and oxygen atoms in total. The molecule has 0 bridgehead atoms. The Kier molecular flexibility index (Phi) is 5.69. The molecular weight excluding hydrogens is 436 g/mol. The maximum atomic E-state index is 12.8. The van der Waals surface area contributed by atoms with Gasteiger partial charge in [-0.15, -0.1) is 10.2 Å². The number of rotatable bonds is 6. The highest BCUT2D eigenvalue weighted by atomic mass is 79.9. The zero-order valence-electron chi connectivity index (χ0n) is 14.2. The smallest absolute Gasteiger partial charge is 0.261 e. The second-order valence-corrected chi connectivity index (χ2v) is 9.18. The summed E-state index contributed by atoms with van der Waals surface area (Å²) < 4.78 is 30.8. The summed E-state index contributed by atoms with van der Waals surface area (Å²) in [7, 11) is -1.86. The van der Waals surface area contributed by atoms with Gasteiger partial charge in [0.1, 0.15) is 6.33 Å². The normalized spacial score (nSPS) is 11.5. The van der Waals surface area contributed by atoms with Gasteiger partial charge in [0.05, 0.1) is 10.6 Å². The summed E-state index contributed by atoms with van der Waals surface area (Å²) in [5.74, 6) is 0. The Morgan fingerprint density at radius 3 is 2.54 bits per heavy atom. The van der Waals surface area contributed by atoms with E-state index in [1.807, 2.05) is 38.2 Å². The maximum absolute atomic E-state index is 12.8. The van der Waals surface area contributed by atoms with Crippen molar-refractivity contribution in [3.63, 3.8) is 0 Å². The van der Waals surface area contributed by atoms with E-state index in [2.05, 4.69) is 30.8 Å². The minimum atomic E-state index is -3.69. The first-order valence-electron chi connectivity index (χ1n) is 7.82. The Balaban J connectivity index is 1.92. The van der Waals surface area contributed by atoms with Gasteiger partial charge in [0.25, 0.3) is 10.0 Å². The molecule has 1 aromatic heterocycles. The van der Waals surface area contributed by atoms with Crippen molar-refractivity contribution in [1.82, 2.24) is 14.8 Å². The molecule has 0 aliphatic rings. The fraction of sp³-hybridized carbons (Fsp3) is 0.176. The van der Waals surface area contributed by atoms with Crippen LogP contribution >= 0.6 is 27.7 Å². The second-order valence-electron chi connectivity index (χ2n) is 5.57. The molecule has 0 saturated carbocycles. The maximum Gasteiger partial charge on any atom is 0.261 e. The average molecular weight is 453 g/mol. The number of hydrogen-bond donors (Lipinski definition) is 1. The van der Waals surface area contributed by atoms with Crippen LogP contribution in [0.5, 0.6) is 0 Å². The van der Waals surface area contributed by atoms with Crippen LogP contribution in [0.25, 0.3) is 0 Å². The fourth-order valence-electron chi connectivity index (χ4n) is 2.24. The molecular formula is C17H17BrN4O2S2. The zero-order valence-corrected chi connectivity index (χ0v) is 17.4. The van der Waals surface area contributed by atoms with Gasteiger partial charge in [-0.05, 0) is 54.1 Å². The first-order chi connectivity index (χ1) is 12.4. The van der Waals surface area contributed by atoms with Crippen LogP contribution in [-0.4, -0.2) is 23.2 Å². The number of nitrogens with zero attached hydrogens (tertiary/aromatic N) is 3. The number of halogens is 1. The highest BCUT2D eigenvalue weighted by Gasteiger charge is 2.18. The molecule has 3 rings (SSSR count). The molecule has 0 atom stereocenters. The van der Waals surface area contributed by atoms with E-state index in [0.29, 0.717) is 10.8 Å². The molecule has 0 fully saturated rings. The third-order valence-electron chi connectivity index (χ3n) is 3.70. The van der Waals surface area contributed by atoms with Crippen LogP contribution in [0, 0.1) is 0 Å². The zero-order chi connectivity index (χ0) is 18.7. The Hall–Kier alpha value is -1.84. The molecule has 1 N–H and O–H groups in total. The van der Waals surface area contributed by atoms with Crippen LogP contribution in [-0.2, 0) is 23.5 Å². The van der Waals surface area contributed by atoms with Crippen molar-refractivity contribution in [3.05, 3.63) is 58.8 Å². The number of sulfonamides is 1. The van der Waals surface area contributed by atoms with Gasteiger partial charge in [0, 0.05) is 16.4 Å². The van der Waals surface area contributed by atoms with Gasteiger partial charge in [-0.25, -0.2) is 8.42 Å². The predicted octanol–water partition coefficient (Wildman–Crippen LogP) is 4.09. The quantitative estimate of drug-likeness (QED) is 0.609. The summed E-state index contributed by atoms with van der Waals surface area (Å²) in [5, 5.41) is 8.55. The Morgan fingerprint density at radius 1 is 1.19 bits per heavy atom. The highest BCUT2D eigenvalue weighted by molar-refractivity contribution is 9.10. The van der Waals surface area contributed by atoms with Crippen LogP contribution < -0.4 is 4.72 Å². The number of hydrogen-bond acceptors (Lipinski definition) is 5. The van der Waals surface area contributed by atoms with E-state index in [-0.39, 0.29) is 4.90 Å². The summed E-state index contributed by atoms with van der Waals surface area (Å²) in [6.07, 6.45) is 2.46. The van der Waals surface area contributed by atoms with Gasteiger partial charge >= 0.3 is 0 Å². The van der Waals surface area contributed by atoms with Crippen LogP contribution in [0.4, 0.5) is 5.69 Å². The van der Waals surface area contributed by atoms with Crippen LogP contribution in [0.15, 0.2) is 68.2 Å². The fourth-order valence-corrected chi connectivity index (χ4v) is 4.57. The van der Waals surface area contributed by atoms with E-state index < -0.39 is 10.0 Å². The van der Waals surface area contributed by atoms with Gasteiger partial charge in [0.2, 0.25) is 0 Å². The van der Waals surface area contributed by atoms with Crippen molar-refractivity contribution in [2.45, 2.75) is 28.3 Å². The van der Waals surface area contributed by atoms with Gasteiger partial charge in [-0.3, -0.25) is 4.72 Å². The van der Waals surface area contributed by atoms with E-state index in [9.17, 15) is 8.42 Å². The third-order valence-corrected chi connectivity index (χ3v) is 6.70. The molecule has 0 spiro atoms.